The monoisotopic (exact) mass is 310 g/mol. The molecule has 1 aliphatic rings. The maximum absolute atomic E-state index is 12.0. The summed E-state index contributed by atoms with van der Waals surface area (Å²) in [6, 6.07) is 6.80. The van der Waals surface area contributed by atoms with E-state index in [0.717, 1.165) is 31.3 Å². The molecule has 0 bridgehead atoms. The van der Waals surface area contributed by atoms with Crippen molar-refractivity contribution in [2.24, 2.45) is 0 Å². The third kappa shape index (κ3) is 2.69. The van der Waals surface area contributed by atoms with Crippen molar-refractivity contribution in [3.63, 3.8) is 0 Å². The third-order valence-corrected chi connectivity index (χ3v) is 4.53. The molecule has 0 saturated heterocycles. The minimum absolute atomic E-state index is 0.181. The minimum atomic E-state index is -0.181. The molecule has 2 N–H and O–H groups in total. The van der Waals surface area contributed by atoms with Crippen LogP contribution in [0.4, 0.5) is 0 Å². The first-order valence-corrected chi connectivity index (χ1v) is 7.89. The SMILES string of the molecule is O=C(NC1CCC(n2ccc3cccnc32)CC1)c1ncn[nH]1. The smallest absolute Gasteiger partial charge is 0.288 e. The number of H-pyrrole nitrogens is 1. The van der Waals surface area contributed by atoms with Crippen molar-refractivity contribution < 1.29 is 4.79 Å². The fraction of sp³-hybridized carbons (Fsp3) is 0.375. The number of hydrogen-bond donors (Lipinski definition) is 2. The van der Waals surface area contributed by atoms with E-state index in [1.54, 1.807) is 0 Å². The van der Waals surface area contributed by atoms with Gasteiger partial charge >= 0.3 is 0 Å². The van der Waals surface area contributed by atoms with E-state index in [9.17, 15) is 4.79 Å². The molecule has 0 aliphatic heterocycles. The summed E-state index contributed by atoms with van der Waals surface area (Å²) in [5.41, 5.74) is 1.04. The molecule has 0 unspecified atom stereocenters. The van der Waals surface area contributed by atoms with Gasteiger partial charge in [0, 0.05) is 29.9 Å². The van der Waals surface area contributed by atoms with E-state index < -0.39 is 0 Å². The van der Waals surface area contributed by atoms with Gasteiger partial charge in [0.05, 0.1) is 0 Å². The Morgan fingerprint density at radius 3 is 2.87 bits per heavy atom. The maximum Gasteiger partial charge on any atom is 0.288 e. The molecular formula is C16H18N6O. The molecule has 7 heteroatoms. The Hall–Kier alpha value is -2.70. The first-order valence-electron chi connectivity index (χ1n) is 7.89. The zero-order valence-electron chi connectivity index (χ0n) is 12.6. The third-order valence-electron chi connectivity index (χ3n) is 4.53. The van der Waals surface area contributed by atoms with E-state index >= 15 is 0 Å². The molecule has 1 fully saturated rings. The number of rotatable bonds is 3. The Morgan fingerprint density at radius 2 is 2.09 bits per heavy atom. The van der Waals surface area contributed by atoms with E-state index in [0.29, 0.717) is 6.04 Å². The topological polar surface area (TPSA) is 88.5 Å². The van der Waals surface area contributed by atoms with E-state index in [4.69, 9.17) is 0 Å². The normalized spacial score (nSPS) is 21.4. The van der Waals surface area contributed by atoms with Crippen LogP contribution in [0, 0.1) is 0 Å². The van der Waals surface area contributed by atoms with Gasteiger partial charge in [0.25, 0.3) is 5.91 Å². The van der Waals surface area contributed by atoms with Crippen LogP contribution in [-0.2, 0) is 0 Å². The second-order valence-electron chi connectivity index (χ2n) is 5.95. The number of fused-ring (bicyclic) bond motifs is 1. The van der Waals surface area contributed by atoms with Crippen LogP contribution >= 0.6 is 0 Å². The van der Waals surface area contributed by atoms with Crippen LogP contribution in [0.1, 0.15) is 42.3 Å². The molecule has 1 saturated carbocycles. The quantitative estimate of drug-likeness (QED) is 0.775. The highest BCUT2D eigenvalue weighted by Gasteiger charge is 2.25. The molecule has 4 rings (SSSR count). The van der Waals surface area contributed by atoms with Crippen molar-refractivity contribution in [2.75, 3.05) is 0 Å². The van der Waals surface area contributed by atoms with Gasteiger partial charge in [-0.05, 0) is 43.9 Å². The van der Waals surface area contributed by atoms with Gasteiger partial charge in [-0.25, -0.2) is 9.97 Å². The highest BCUT2D eigenvalue weighted by molar-refractivity contribution is 5.90. The van der Waals surface area contributed by atoms with Crippen molar-refractivity contribution in [2.45, 2.75) is 37.8 Å². The molecular weight excluding hydrogens is 292 g/mol. The molecule has 23 heavy (non-hydrogen) atoms. The van der Waals surface area contributed by atoms with Gasteiger partial charge in [-0.3, -0.25) is 9.89 Å². The van der Waals surface area contributed by atoms with E-state index in [2.05, 4.69) is 48.4 Å². The first-order chi connectivity index (χ1) is 11.3. The summed E-state index contributed by atoms with van der Waals surface area (Å²) in [5, 5.41) is 10.5. The molecule has 3 heterocycles. The van der Waals surface area contributed by atoms with Crippen molar-refractivity contribution in [3.8, 4) is 0 Å². The maximum atomic E-state index is 12.0. The lowest BCUT2D eigenvalue weighted by Gasteiger charge is -2.30. The van der Waals surface area contributed by atoms with Crippen LogP contribution in [0.5, 0.6) is 0 Å². The number of nitrogens with zero attached hydrogens (tertiary/aromatic N) is 4. The number of aromatic amines is 1. The summed E-state index contributed by atoms with van der Waals surface area (Å²) in [4.78, 5) is 20.4. The molecule has 7 nitrogen and oxygen atoms in total. The lowest BCUT2D eigenvalue weighted by atomic mass is 9.91. The molecule has 0 spiro atoms. The predicted molar refractivity (Wildman–Crippen MR) is 84.9 cm³/mol. The van der Waals surface area contributed by atoms with Gasteiger partial charge in [0.2, 0.25) is 5.82 Å². The van der Waals surface area contributed by atoms with Crippen LogP contribution in [-0.4, -0.2) is 36.7 Å². The van der Waals surface area contributed by atoms with E-state index in [1.165, 1.54) is 11.7 Å². The van der Waals surface area contributed by atoms with Crippen LogP contribution in [0.25, 0.3) is 11.0 Å². The molecule has 1 aliphatic carbocycles. The molecule has 0 atom stereocenters. The summed E-state index contributed by atoms with van der Waals surface area (Å²) in [7, 11) is 0. The zero-order valence-corrected chi connectivity index (χ0v) is 12.6. The number of nitrogens with one attached hydrogen (secondary N) is 2. The molecule has 3 aromatic heterocycles. The summed E-state index contributed by atoms with van der Waals surface area (Å²) in [6.07, 6.45) is 9.27. The largest absolute Gasteiger partial charge is 0.347 e. The summed E-state index contributed by atoms with van der Waals surface area (Å²) in [5.74, 6) is 0.0896. The van der Waals surface area contributed by atoms with Crippen LogP contribution in [0.15, 0.2) is 36.9 Å². The number of carbonyl (C=O) groups is 1. The number of pyridine rings is 1. The van der Waals surface area contributed by atoms with Gasteiger partial charge < -0.3 is 9.88 Å². The molecule has 118 valence electrons. The summed E-state index contributed by atoms with van der Waals surface area (Å²) in [6.45, 7) is 0. The Morgan fingerprint density at radius 1 is 1.22 bits per heavy atom. The molecule has 3 aromatic rings. The second kappa shape index (κ2) is 5.83. The van der Waals surface area contributed by atoms with Gasteiger partial charge in [-0.1, -0.05) is 0 Å². The standard InChI is InChI=1S/C16H18N6O/c23-16(14-18-10-19-21-14)20-12-3-5-13(6-4-12)22-9-7-11-2-1-8-17-15(11)22/h1-2,7-10,12-13H,3-6H2,(H,20,23)(H,18,19,21). The lowest BCUT2D eigenvalue weighted by Crippen LogP contribution is -2.38. The predicted octanol–water partition coefficient (Wildman–Crippen LogP) is 2.07. The van der Waals surface area contributed by atoms with Crippen LogP contribution in [0.3, 0.4) is 0 Å². The Balaban J connectivity index is 1.40. The van der Waals surface area contributed by atoms with Crippen molar-refractivity contribution in [1.29, 1.82) is 0 Å². The van der Waals surface area contributed by atoms with Crippen LogP contribution < -0.4 is 5.32 Å². The Bertz CT molecular complexity index is 801. The number of aromatic nitrogens is 5. The number of amides is 1. The average molecular weight is 310 g/mol. The van der Waals surface area contributed by atoms with Gasteiger partial charge in [-0.15, -0.1) is 0 Å². The van der Waals surface area contributed by atoms with Crippen molar-refractivity contribution in [3.05, 3.63) is 42.7 Å². The average Bonchev–Trinajstić information content (AvgIpc) is 3.25. The number of carbonyl (C=O) groups excluding carboxylic acids is 1. The Labute approximate surface area is 133 Å². The minimum Gasteiger partial charge on any atom is -0.347 e. The highest BCUT2D eigenvalue weighted by atomic mass is 16.2. The molecule has 1 amide bonds. The fourth-order valence-corrected chi connectivity index (χ4v) is 3.35. The van der Waals surface area contributed by atoms with Crippen molar-refractivity contribution >= 4 is 16.9 Å². The van der Waals surface area contributed by atoms with E-state index in [1.807, 2.05) is 12.3 Å². The molecule has 0 radical (unpaired) electrons. The van der Waals surface area contributed by atoms with Crippen LogP contribution in [0.2, 0.25) is 0 Å². The zero-order chi connectivity index (χ0) is 15.6. The number of hydrogen-bond acceptors (Lipinski definition) is 4. The van der Waals surface area contributed by atoms with Gasteiger partial charge in [0.15, 0.2) is 0 Å². The molecule has 0 aromatic carbocycles. The fourth-order valence-electron chi connectivity index (χ4n) is 3.35. The highest BCUT2D eigenvalue weighted by Crippen LogP contribution is 2.31. The summed E-state index contributed by atoms with van der Waals surface area (Å²) >= 11 is 0. The van der Waals surface area contributed by atoms with Gasteiger partial charge in [-0.2, -0.15) is 5.10 Å². The van der Waals surface area contributed by atoms with E-state index in [-0.39, 0.29) is 17.8 Å². The lowest BCUT2D eigenvalue weighted by molar-refractivity contribution is 0.0912. The second-order valence-corrected chi connectivity index (χ2v) is 5.95. The van der Waals surface area contributed by atoms with Crippen molar-refractivity contribution in [1.82, 2.24) is 30.0 Å². The Kier molecular flexibility index (Phi) is 3.53. The first kappa shape index (κ1) is 13.9. The summed E-state index contributed by atoms with van der Waals surface area (Å²) < 4.78 is 2.27. The van der Waals surface area contributed by atoms with Gasteiger partial charge in [0.1, 0.15) is 12.0 Å².